The number of anilines is 1. The van der Waals surface area contributed by atoms with Crippen LogP contribution in [0.4, 0.5) is 19.0 Å². The molecule has 1 aromatic heterocycles. The van der Waals surface area contributed by atoms with Gasteiger partial charge < -0.3 is 14.5 Å². The van der Waals surface area contributed by atoms with Gasteiger partial charge in [-0.1, -0.05) is 31.2 Å². The second-order valence-electron chi connectivity index (χ2n) is 7.28. The Bertz CT molecular complexity index is 1020. The van der Waals surface area contributed by atoms with E-state index in [1.54, 1.807) is 0 Å². The van der Waals surface area contributed by atoms with Gasteiger partial charge in [0, 0.05) is 37.1 Å². The van der Waals surface area contributed by atoms with Gasteiger partial charge in [-0.2, -0.15) is 0 Å². The summed E-state index contributed by atoms with van der Waals surface area (Å²) >= 11 is 0. The van der Waals surface area contributed by atoms with Gasteiger partial charge in [-0.05, 0) is 30.1 Å². The Kier molecular flexibility index (Phi) is 9.43. The molecule has 0 unspecified atom stereocenters. The average molecular weight is 488 g/mol. The number of halogens is 5. The number of piperazine rings is 1. The Morgan fingerprint density at radius 2 is 1.62 bits per heavy atom. The molecule has 0 spiro atoms. The van der Waals surface area contributed by atoms with Gasteiger partial charge in [0.1, 0.15) is 19.1 Å². The molecule has 0 radical (unpaired) electrons. The van der Waals surface area contributed by atoms with E-state index in [1.165, 1.54) is 12.1 Å². The van der Waals surface area contributed by atoms with Crippen molar-refractivity contribution in [1.82, 2.24) is 9.88 Å². The van der Waals surface area contributed by atoms with Crippen LogP contribution >= 0.6 is 24.8 Å². The number of aromatic nitrogens is 1. The van der Waals surface area contributed by atoms with Crippen molar-refractivity contribution in [2.24, 2.45) is 0 Å². The third-order valence-electron chi connectivity index (χ3n) is 5.46. The van der Waals surface area contributed by atoms with Crippen LogP contribution in [0.2, 0.25) is 0 Å². The van der Waals surface area contributed by atoms with Gasteiger partial charge in [0.2, 0.25) is 0 Å². The number of likely N-dealkylation sites (N-methyl/N-ethyl adjacent to an activating group) is 1. The smallest absolute Gasteiger partial charge is 0.190 e. The molecule has 9 heteroatoms. The standard InChI is InChI=1S/C23H24F3N3O.2ClH/c1-2-28-8-10-29(11-9-28)23-18-6-4-3-5-16(18)15-21(27-23)17-13-19(25)22(20(26)14-17)30-12-7-24;;/h3-6,13-15H,2,7-12H2,1H3;2*1H. The summed E-state index contributed by atoms with van der Waals surface area (Å²) in [7, 11) is 0. The van der Waals surface area contributed by atoms with E-state index in [0.717, 1.165) is 49.3 Å². The van der Waals surface area contributed by atoms with Crippen molar-refractivity contribution in [3.63, 3.8) is 0 Å². The molecule has 0 saturated carbocycles. The van der Waals surface area contributed by atoms with Crippen LogP contribution in [0.15, 0.2) is 42.5 Å². The van der Waals surface area contributed by atoms with E-state index in [2.05, 4.69) is 16.7 Å². The number of hydrogen-bond acceptors (Lipinski definition) is 4. The van der Waals surface area contributed by atoms with Crippen molar-refractivity contribution in [3.8, 4) is 17.0 Å². The topological polar surface area (TPSA) is 28.6 Å². The number of hydrogen-bond donors (Lipinski definition) is 0. The summed E-state index contributed by atoms with van der Waals surface area (Å²) in [6.45, 7) is 5.52. The zero-order valence-electron chi connectivity index (χ0n) is 17.7. The van der Waals surface area contributed by atoms with Gasteiger partial charge in [0.25, 0.3) is 0 Å². The first-order valence-corrected chi connectivity index (χ1v) is 10.2. The lowest BCUT2D eigenvalue weighted by Crippen LogP contribution is -2.46. The first kappa shape index (κ1) is 26.0. The minimum absolute atomic E-state index is 0. The number of ether oxygens (including phenoxy) is 1. The average Bonchev–Trinajstić information content (AvgIpc) is 2.78. The van der Waals surface area contributed by atoms with Crippen molar-refractivity contribution >= 4 is 41.4 Å². The highest BCUT2D eigenvalue weighted by Crippen LogP contribution is 2.33. The second kappa shape index (κ2) is 11.6. The van der Waals surface area contributed by atoms with Gasteiger partial charge in [-0.15, -0.1) is 24.8 Å². The van der Waals surface area contributed by atoms with Gasteiger partial charge in [0.15, 0.2) is 17.4 Å². The Labute approximate surface area is 198 Å². The lowest BCUT2D eigenvalue weighted by Gasteiger charge is -2.35. The lowest BCUT2D eigenvalue weighted by atomic mass is 10.1. The first-order valence-electron chi connectivity index (χ1n) is 10.2. The molecule has 0 N–H and O–H groups in total. The van der Waals surface area contributed by atoms with Crippen LogP contribution < -0.4 is 9.64 Å². The molecule has 1 fully saturated rings. The third kappa shape index (κ3) is 5.39. The Hall–Kier alpha value is -2.22. The molecule has 4 nitrogen and oxygen atoms in total. The van der Waals surface area contributed by atoms with Crippen LogP contribution in [0.3, 0.4) is 0 Å². The van der Waals surface area contributed by atoms with Crippen LogP contribution in [0, 0.1) is 11.6 Å². The van der Waals surface area contributed by atoms with Crippen molar-refractivity contribution in [2.45, 2.75) is 6.92 Å². The molecule has 174 valence electrons. The Morgan fingerprint density at radius 3 is 2.25 bits per heavy atom. The predicted molar refractivity (Wildman–Crippen MR) is 127 cm³/mol. The van der Waals surface area contributed by atoms with E-state index in [-0.39, 0.29) is 24.8 Å². The summed E-state index contributed by atoms with van der Waals surface area (Å²) < 4.78 is 46.1. The molecule has 0 atom stereocenters. The highest BCUT2D eigenvalue weighted by atomic mass is 35.5. The SMILES string of the molecule is CCN1CCN(c2nc(-c3cc(F)c(OCCF)c(F)c3)cc3ccccc23)CC1.Cl.Cl. The maximum atomic E-state index is 14.4. The molecule has 1 aliphatic rings. The second-order valence-corrected chi connectivity index (χ2v) is 7.28. The summed E-state index contributed by atoms with van der Waals surface area (Å²) in [5.74, 6) is -1.48. The predicted octanol–water partition coefficient (Wildman–Crippen LogP) is 5.51. The van der Waals surface area contributed by atoms with E-state index in [1.807, 2.05) is 30.3 Å². The molecule has 2 heterocycles. The van der Waals surface area contributed by atoms with Crippen molar-refractivity contribution in [2.75, 3.05) is 50.9 Å². The number of alkyl halides is 1. The van der Waals surface area contributed by atoms with Crippen LogP contribution in [0.25, 0.3) is 22.0 Å². The Balaban J connectivity index is 0.00000181. The first-order chi connectivity index (χ1) is 14.6. The lowest BCUT2D eigenvalue weighted by molar-refractivity contribution is 0.251. The molecule has 32 heavy (non-hydrogen) atoms. The number of benzene rings is 2. The number of fused-ring (bicyclic) bond motifs is 1. The highest BCUT2D eigenvalue weighted by molar-refractivity contribution is 5.95. The van der Waals surface area contributed by atoms with Crippen molar-refractivity contribution < 1.29 is 17.9 Å². The minimum atomic E-state index is -0.869. The summed E-state index contributed by atoms with van der Waals surface area (Å²) in [4.78, 5) is 9.40. The van der Waals surface area contributed by atoms with Gasteiger partial charge >= 0.3 is 0 Å². The molecular formula is C23H26Cl2F3N3O. The van der Waals surface area contributed by atoms with E-state index in [0.29, 0.717) is 11.3 Å². The van der Waals surface area contributed by atoms with Crippen molar-refractivity contribution in [1.29, 1.82) is 0 Å². The third-order valence-corrected chi connectivity index (χ3v) is 5.46. The molecule has 4 rings (SSSR count). The Morgan fingerprint density at radius 1 is 0.969 bits per heavy atom. The van der Waals surface area contributed by atoms with Gasteiger partial charge in [0.05, 0.1) is 5.69 Å². The van der Waals surface area contributed by atoms with E-state index in [9.17, 15) is 13.2 Å². The van der Waals surface area contributed by atoms with E-state index < -0.39 is 30.7 Å². The van der Waals surface area contributed by atoms with Crippen LogP contribution in [0.1, 0.15) is 6.92 Å². The zero-order valence-corrected chi connectivity index (χ0v) is 19.3. The fourth-order valence-corrected chi connectivity index (χ4v) is 3.83. The minimum Gasteiger partial charge on any atom is -0.485 e. The maximum absolute atomic E-state index is 14.4. The summed E-state index contributed by atoms with van der Waals surface area (Å²) in [6, 6.07) is 12.1. The summed E-state index contributed by atoms with van der Waals surface area (Å²) in [5, 5.41) is 1.96. The highest BCUT2D eigenvalue weighted by Gasteiger charge is 2.21. The number of nitrogens with zero attached hydrogens (tertiary/aromatic N) is 3. The van der Waals surface area contributed by atoms with Crippen LogP contribution in [-0.2, 0) is 0 Å². The molecular weight excluding hydrogens is 462 g/mol. The summed E-state index contributed by atoms with van der Waals surface area (Å²) in [6.07, 6.45) is 0. The zero-order chi connectivity index (χ0) is 21.1. The number of rotatable bonds is 6. The van der Waals surface area contributed by atoms with Crippen LogP contribution in [0.5, 0.6) is 5.75 Å². The monoisotopic (exact) mass is 487 g/mol. The van der Waals surface area contributed by atoms with Crippen LogP contribution in [-0.4, -0.2) is 55.9 Å². The fourth-order valence-electron chi connectivity index (χ4n) is 3.83. The molecule has 1 aliphatic heterocycles. The molecule has 2 aromatic carbocycles. The molecule has 1 saturated heterocycles. The van der Waals surface area contributed by atoms with Crippen molar-refractivity contribution in [3.05, 3.63) is 54.1 Å². The van der Waals surface area contributed by atoms with Gasteiger partial charge in [-0.3, -0.25) is 0 Å². The molecule has 0 bridgehead atoms. The fraction of sp³-hybridized carbons (Fsp3) is 0.348. The molecule has 0 amide bonds. The van der Waals surface area contributed by atoms with E-state index in [4.69, 9.17) is 9.72 Å². The summed E-state index contributed by atoms with van der Waals surface area (Å²) in [5.41, 5.74) is 0.799. The molecule has 0 aliphatic carbocycles. The van der Waals surface area contributed by atoms with E-state index >= 15 is 0 Å². The maximum Gasteiger partial charge on any atom is 0.190 e. The number of pyridine rings is 1. The van der Waals surface area contributed by atoms with Gasteiger partial charge in [-0.25, -0.2) is 18.2 Å². The molecule has 3 aromatic rings. The normalized spacial score (nSPS) is 14.1. The largest absolute Gasteiger partial charge is 0.485 e. The quantitative estimate of drug-likeness (QED) is 0.458.